The number of nitrogens with zero attached hydrogens (tertiary/aromatic N) is 1. The van der Waals surface area contributed by atoms with Gasteiger partial charge < -0.3 is 11.1 Å². The molecular formula is C8H10N3O. The quantitative estimate of drug-likeness (QED) is 0.657. The average Bonchev–Trinajstić information content (AvgIpc) is 2.05. The van der Waals surface area contributed by atoms with Gasteiger partial charge in [-0.3, -0.25) is 4.79 Å². The van der Waals surface area contributed by atoms with E-state index in [1.165, 1.54) is 6.20 Å². The molecule has 0 fully saturated rings. The van der Waals surface area contributed by atoms with Crippen molar-refractivity contribution in [3.05, 3.63) is 30.8 Å². The molecular weight excluding hydrogens is 154 g/mol. The van der Waals surface area contributed by atoms with Crippen LogP contribution in [0, 0.1) is 6.92 Å². The van der Waals surface area contributed by atoms with Crippen LogP contribution in [0.4, 0.5) is 5.82 Å². The molecule has 0 atom stereocenters. The molecule has 3 N–H and O–H groups in total. The molecule has 63 valence electrons. The van der Waals surface area contributed by atoms with Gasteiger partial charge in [-0.15, -0.1) is 0 Å². The molecule has 0 aromatic carbocycles. The predicted molar refractivity (Wildman–Crippen MR) is 46.3 cm³/mol. The van der Waals surface area contributed by atoms with E-state index < -0.39 is 0 Å². The molecule has 0 aliphatic rings. The van der Waals surface area contributed by atoms with Gasteiger partial charge in [-0.25, -0.2) is 4.98 Å². The molecule has 1 radical (unpaired) electrons. The summed E-state index contributed by atoms with van der Waals surface area (Å²) in [4.78, 5) is 15.0. The summed E-state index contributed by atoms with van der Waals surface area (Å²) in [5, 5.41) is 2.53. The predicted octanol–water partition coefficient (Wildman–Crippen LogP) is 0.228. The van der Waals surface area contributed by atoms with Crippen molar-refractivity contribution in [3.8, 4) is 0 Å². The summed E-state index contributed by atoms with van der Waals surface area (Å²) in [5.74, 6) is -0.000880. The minimum absolute atomic E-state index is 0.239. The van der Waals surface area contributed by atoms with Gasteiger partial charge in [-0.1, -0.05) is 0 Å². The zero-order valence-corrected chi connectivity index (χ0v) is 6.58. The van der Waals surface area contributed by atoms with Crippen LogP contribution in [0.15, 0.2) is 18.3 Å². The summed E-state index contributed by atoms with van der Waals surface area (Å²) < 4.78 is 0. The van der Waals surface area contributed by atoms with Crippen LogP contribution in [-0.2, 0) is 0 Å². The maximum Gasteiger partial charge on any atom is 0.255 e. The van der Waals surface area contributed by atoms with Crippen molar-refractivity contribution < 1.29 is 4.79 Å². The maximum absolute atomic E-state index is 11.2. The lowest BCUT2D eigenvalue weighted by molar-refractivity contribution is 0.0958. The number of nitrogens with two attached hydrogens (primary N) is 1. The van der Waals surface area contributed by atoms with Gasteiger partial charge in [0.2, 0.25) is 0 Å². The lowest BCUT2D eigenvalue weighted by Crippen LogP contribution is -2.24. The Balaban J connectivity index is 2.87. The largest absolute Gasteiger partial charge is 0.383 e. The Hall–Kier alpha value is -1.58. The zero-order valence-electron chi connectivity index (χ0n) is 6.58. The number of rotatable bonds is 2. The van der Waals surface area contributed by atoms with Crippen LogP contribution >= 0.6 is 0 Å². The van der Waals surface area contributed by atoms with E-state index in [2.05, 4.69) is 17.2 Å². The maximum atomic E-state index is 11.2. The molecule has 4 nitrogen and oxygen atoms in total. The summed E-state index contributed by atoms with van der Waals surface area (Å²) in [6.45, 7) is 3.83. The summed E-state index contributed by atoms with van der Waals surface area (Å²) in [7, 11) is 0. The van der Waals surface area contributed by atoms with Crippen LogP contribution in [0.3, 0.4) is 0 Å². The number of nitrogens with one attached hydrogen (secondary N) is 1. The van der Waals surface area contributed by atoms with Crippen molar-refractivity contribution in [2.75, 3.05) is 12.3 Å². The fourth-order valence-corrected chi connectivity index (χ4v) is 0.818. The molecule has 1 aromatic heterocycles. The highest BCUT2D eigenvalue weighted by atomic mass is 16.1. The Kier molecular flexibility index (Phi) is 2.63. The van der Waals surface area contributed by atoms with Gasteiger partial charge in [0.15, 0.2) is 0 Å². The average molecular weight is 164 g/mol. The number of aromatic nitrogens is 1. The van der Waals surface area contributed by atoms with Gasteiger partial charge in [-0.05, 0) is 19.1 Å². The number of pyridine rings is 1. The number of amides is 1. The summed E-state index contributed by atoms with van der Waals surface area (Å²) >= 11 is 0. The van der Waals surface area contributed by atoms with Gasteiger partial charge in [0.25, 0.3) is 5.91 Å². The van der Waals surface area contributed by atoms with Crippen molar-refractivity contribution in [1.82, 2.24) is 10.3 Å². The number of nitrogen functional groups attached to an aromatic ring is 1. The number of anilines is 1. The lowest BCUT2D eigenvalue weighted by atomic mass is 10.2. The molecule has 0 aliphatic carbocycles. The van der Waals surface area contributed by atoms with E-state index in [0.29, 0.717) is 12.1 Å². The molecule has 0 aliphatic heterocycles. The standard InChI is InChI=1S/C8H10N3O/c1-2-10-8(12)6-4-3-5-11-7(6)9/h3-5H,1-2H2,(H2,9,11)(H,10,12). The van der Waals surface area contributed by atoms with Gasteiger partial charge in [0.05, 0.1) is 5.56 Å². The van der Waals surface area contributed by atoms with E-state index >= 15 is 0 Å². The highest BCUT2D eigenvalue weighted by molar-refractivity contribution is 5.98. The van der Waals surface area contributed by atoms with Gasteiger partial charge in [0.1, 0.15) is 5.82 Å². The molecule has 12 heavy (non-hydrogen) atoms. The normalized spacial score (nSPS) is 9.42. The molecule has 0 saturated carbocycles. The van der Waals surface area contributed by atoms with E-state index in [-0.39, 0.29) is 11.7 Å². The molecule has 0 spiro atoms. The van der Waals surface area contributed by atoms with Crippen LogP contribution in [0.5, 0.6) is 0 Å². The van der Waals surface area contributed by atoms with Crippen molar-refractivity contribution in [2.24, 2.45) is 0 Å². The molecule has 4 heteroatoms. The number of hydrogen-bond donors (Lipinski definition) is 2. The Morgan fingerprint density at radius 3 is 3.08 bits per heavy atom. The van der Waals surface area contributed by atoms with Crippen molar-refractivity contribution >= 4 is 11.7 Å². The van der Waals surface area contributed by atoms with Crippen molar-refractivity contribution in [2.45, 2.75) is 0 Å². The van der Waals surface area contributed by atoms with Crippen molar-refractivity contribution in [3.63, 3.8) is 0 Å². The van der Waals surface area contributed by atoms with Crippen LogP contribution in [0.1, 0.15) is 10.4 Å². The first kappa shape index (κ1) is 8.52. The lowest BCUT2D eigenvalue weighted by Gasteiger charge is -2.02. The fourth-order valence-electron chi connectivity index (χ4n) is 0.818. The highest BCUT2D eigenvalue weighted by Gasteiger charge is 2.07. The van der Waals surface area contributed by atoms with Gasteiger partial charge in [0, 0.05) is 12.7 Å². The smallest absolute Gasteiger partial charge is 0.255 e. The number of carbonyl (C=O) groups is 1. The second-order valence-corrected chi connectivity index (χ2v) is 2.19. The summed E-state index contributed by atoms with van der Waals surface area (Å²) in [6.07, 6.45) is 1.54. The topological polar surface area (TPSA) is 68.0 Å². The highest BCUT2D eigenvalue weighted by Crippen LogP contribution is 2.05. The second-order valence-electron chi connectivity index (χ2n) is 2.19. The van der Waals surface area contributed by atoms with E-state index in [0.717, 1.165) is 0 Å². The third-order valence-corrected chi connectivity index (χ3v) is 1.37. The number of carbonyl (C=O) groups excluding carboxylic acids is 1. The molecule has 0 saturated heterocycles. The van der Waals surface area contributed by atoms with Crippen LogP contribution in [0.2, 0.25) is 0 Å². The Labute approximate surface area is 70.8 Å². The first-order chi connectivity index (χ1) is 5.75. The van der Waals surface area contributed by atoms with Crippen LogP contribution < -0.4 is 11.1 Å². The Morgan fingerprint density at radius 2 is 2.50 bits per heavy atom. The third kappa shape index (κ3) is 1.72. The van der Waals surface area contributed by atoms with Gasteiger partial charge >= 0.3 is 0 Å². The Bertz CT molecular complexity index is 285. The van der Waals surface area contributed by atoms with Crippen LogP contribution in [-0.4, -0.2) is 17.4 Å². The van der Waals surface area contributed by atoms with E-state index in [1.54, 1.807) is 12.1 Å². The fraction of sp³-hybridized carbons (Fsp3) is 0.125. The molecule has 0 bridgehead atoms. The molecule has 1 heterocycles. The van der Waals surface area contributed by atoms with E-state index in [1.807, 2.05) is 0 Å². The second kappa shape index (κ2) is 3.71. The first-order valence-corrected chi connectivity index (χ1v) is 3.53. The van der Waals surface area contributed by atoms with Gasteiger partial charge in [-0.2, -0.15) is 0 Å². The zero-order chi connectivity index (χ0) is 8.97. The number of hydrogen-bond acceptors (Lipinski definition) is 3. The summed E-state index contributed by atoms with van der Waals surface area (Å²) in [6, 6.07) is 3.28. The van der Waals surface area contributed by atoms with E-state index in [9.17, 15) is 4.79 Å². The minimum Gasteiger partial charge on any atom is -0.383 e. The van der Waals surface area contributed by atoms with Crippen LogP contribution in [0.25, 0.3) is 0 Å². The molecule has 1 amide bonds. The summed E-state index contributed by atoms with van der Waals surface area (Å²) in [5.41, 5.74) is 5.85. The monoisotopic (exact) mass is 164 g/mol. The molecule has 1 rings (SSSR count). The minimum atomic E-state index is -0.240. The van der Waals surface area contributed by atoms with E-state index in [4.69, 9.17) is 5.73 Å². The SMILES string of the molecule is [CH2]CNC(=O)c1cccnc1N. The third-order valence-electron chi connectivity index (χ3n) is 1.37. The Morgan fingerprint density at radius 1 is 1.75 bits per heavy atom. The first-order valence-electron chi connectivity index (χ1n) is 3.53. The molecule has 0 unspecified atom stereocenters. The van der Waals surface area contributed by atoms with Crippen molar-refractivity contribution in [1.29, 1.82) is 0 Å². The molecule has 1 aromatic rings.